The number of para-hydroxylation sites is 1. The van der Waals surface area contributed by atoms with Crippen LogP contribution >= 0.6 is 11.6 Å². The lowest BCUT2D eigenvalue weighted by Crippen LogP contribution is -2.30. The van der Waals surface area contributed by atoms with Gasteiger partial charge in [0.2, 0.25) is 6.93 Å². The number of nitrogens with zero attached hydrogens (tertiary/aromatic N) is 3. The highest BCUT2D eigenvalue weighted by molar-refractivity contribution is 6.33. The van der Waals surface area contributed by atoms with Crippen LogP contribution in [0, 0.1) is 0 Å². The molecule has 1 fully saturated rings. The number of rotatable bonds is 3. The number of benzene rings is 2. The Kier molecular flexibility index (Phi) is 19.1. The van der Waals surface area contributed by atoms with Crippen molar-refractivity contribution in [2.24, 2.45) is 10.7 Å². The van der Waals surface area contributed by atoms with Gasteiger partial charge in [-0.1, -0.05) is 35.9 Å². The molecule has 0 bridgehead atoms. The fourth-order valence-corrected chi connectivity index (χ4v) is 3.24. The zero-order valence-corrected chi connectivity index (χ0v) is 21.5. The maximum Gasteiger partial charge on any atom is 0.290 e. The summed E-state index contributed by atoms with van der Waals surface area (Å²) in [7, 11) is 6.96. The highest BCUT2D eigenvalue weighted by Crippen LogP contribution is 2.34. The van der Waals surface area contributed by atoms with Gasteiger partial charge in [-0.2, -0.15) is 0 Å². The van der Waals surface area contributed by atoms with E-state index in [0.29, 0.717) is 5.96 Å². The molecular weight excluding hydrogens is 501 g/mol. The molecule has 0 spiro atoms. The Labute approximate surface area is 214 Å². The van der Waals surface area contributed by atoms with Crippen molar-refractivity contribution in [2.75, 3.05) is 53.2 Å². The molecule has 0 amide bonds. The third-order valence-corrected chi connectivity index (χ3v) is 4.72. The van der Waals surface area contributed by atoms with Crippen LogP contribution in [0.1, 0.15) is 12.0 Å². The number of aliphatic imine (C=N–C) groups is 1. The number of anilines is 1. The average Bonchev–Trinajstić information content (AvgIpc) is 3.29. The number of ether oxygens (including phenoxy) is 1. The minimum absolute atomic E-state index is 0. The molecule has 0 radical (unpaired) electrons. The van der Waals surface area contributed by atoms with Gasteiger partial charge >= 0.3 is 0 Å². The van der Waals surface area contributed by atoms with Crippen molar-refractivity contribution < 1.29 is 33.2 Å². The number of aromatic hydroxyl groups is 1. The Bertz CT molecular complexity index is 960. The smallest absolute Gasteiger partial charge is 0.290 e. The molecule has 0 atom stereocenters. The van der Waals surface area contributed by atoms with Crippen LogP contribution in [0.4, 0.5) is 19.2 Å². The van der Waals surface area contributed by atoms with Gasteiger partial charge in [0, 0.05) is 47.0 Å². The predicted octanol–water partition coefficient (Wildman–Crippen LogP) is 4.54. The number of nitrogens with two attached hydrogens (primary N) is 1. The normalized spacial score (nSPS) is 13.4. The van der Waals surface area contributed by atoms with Gasteiger partial charge in [-0.05, 0) is 36.3 Å². The Morgan fingerprint density at radius 1 is 1.22 bits per heavy atom. The van der Waals surface area contributed by atoms with Gasteiger partial charge in [0.05, 0.1) is 16.4 Å². The number of carboxylic acid groups (broad SMARTS) is 1. The highest BCUT2D eigenvalue weighted by atomic mass is 35.5. The molecule has 0 aromatic heterocycles. The van der Waals surface area contributed by atoms with Crippen LogP contribution in [0.3, 0.4) is 0 Å². The van der Waals surface area contributed by atoms with E-state index in [1.165, 1.54) is 5.57 Å². The molecule has 0 saturated carbocycles. The molecule has 2 aromatic carbocycles. The molecule has 4 N–H and O–H groups in total. The van der Waals surface area contributed by atoms with Crippen LogP contribution in [-0.2, 0) is 9.53 Å². The summed E-state index contributed by atoms with van der Waals surface area (Å²) in [5.41, 5.74) is 9.92. The van der Waals surface area contributed by atoms with Gasteiger partial charge in [0.1, 0.15) is 5.75 Å². The minimum atomic E-state index is -1.75. The number of hydrogen-bond donors (Lipinski definition) is 3. The largest absolute Gasteiger partial charge is 0.508 e. The molecule has 1 aliphatic heterocycles. The summed E-state index contributed by atoms with van der Waals surface area (Å²) in [5, 5.41) is 17.5. The molecule has 1 saturated heterocycles. The summed E-state index contributed by atoms with van der Waals surface area (Å²) >= 11 is 6.35. The molecule has 12 heteroatoms. The molecule has 36 heavy (non-hydrogen) atoms. The van der Waals surface area contributed by atoms with Crippen LogP contribution in [-0.4, -0.2) is 75.9 Å². The zero-order valence-electron chi connectivity index (χ0n) is 20.7. The van der Waals surface area contributed by atoms with Gasteiger partial charge in [-0.15, -0.1) is 0 Å². The second kappa shape index (κ2) is 19.8. The highest BCUT2D eigenvalue weighted by Gasteiger charge is 2.23. The number of guanidine groups is 1. The number of phenolic OH excluding ortho intramolecular Hbond substituents is 1. The third kappa shape index (κ3) is 12.3. The summed E-state index contributed by atoms with van der Waals surface area (Å²) in [4.78, 5) is 17.0. The molecule has 8 nitrogen and oxygen atoms in total. The van der Waals surface area contributed by atoms with E-state index in [0.717, 1.165) is 41.5 Å². The van der Waals surface area contributed by atoms with E-state index in [2.05, 4.69) is 14.6 Å². The third-order valence-electron chi connectivity index (χ3n) is 4.40. The predicted molar refractivity (Wildman–Crippen MR) is 140 cm³/mol. The zero-order chi connectivity index (χ0) is 26.8. The fourth-order valence-electron chi connectivity index (χ4n) is 2.98. The van der Waals surface area contributed by atoms with E-state index in [4.69, 9.17) is 27.2 Å². The lowest BCUT2D eigenvalue weighted by molar-refractivity contribution is -0.122. The molecule has 2 aromatic rings. The number of methoxy groups -OCH3 is 1. The topological polar surface area (TPSA) is 112 Å². The van der Waals surface area contributed by atoms with E-state index >= 15 is 0 Å². The number of carbonyl (C=O) groups is 1. The minimum Gasteiger partial charge on any atom is -0.508 e. The van der Waals surface area contributed by atoms with Crippen LogP contribution < -0.4 is 10.6 Å². The van der Waals surface area contributed by atoms with Gasteiger partial charge < -0.3 is 30.5 Å². The molecule has 1 aliphatic rings. The number of halogens is 4. The standard InChI is InChI=1S/C20H23ClN4O.C2H6O.CH2F2.CH2O2.FH/c1-24(2)20(22)23-19(14-6-5-7-16(26)12-14)15-10-11-25(13-15)18-9-4-3-8-17(18)21;1-3-2;2*2-1-3;/h3-9,12,26H,10-11,13H2,1-2H3,(H2,22,23);1-2H3;1H2;1H,(H,2,3);1H/b19-15-;;;;. The van der Waals surface area contributed by atoms with Crippen molar-refractivity contribution in [1.82, 2.24) is 4.90 Å². The van der Waals surface area contributed by atoms with E-state index in [-0.39, 0.29) is 16.9 Å². The maximum absolute atomic E-state index is 9.87. The summed E-state index contributed by atoms with van der Waals surface area (Å²) in [6.45, 7) is -0.419. The second-order valence-corrected chi connectivity index (χ2v) is 7.51. The number of alkyl halides is 2. The SMILES string of the molecule is CN(C)C(N)=N/C(=C1/CCN(c2ccccc2Cl)C1)c1cccc(O)c1.COC.F.FCF.O=CO. The molecular formula is C24H34ClF3N4O4. The van der Waals surface area contributed by atoms with E-state index in [9.17, 15) is 13.9 Å². The summed E-state index contributed by atoms with van der Waals surface area (Å²) in [6, 6.07) is 15.0. The average molecular weight is 535 g/mol. The number of hydrogen-bond acceptors (Lipinski definition) is 5. The Morgan fingerprint density at radius 2 is 1.78 bits per heavy atom. The van der Waals surface area contributed by atoms with Gasteiger partial charge in [0.15, 0.2) is 5.96 Å². The van der Waals surface area contributed by atoms with E-state index < -0.39 is 6.93 Å². The monoisotopic (exact) mass is 534 g/mol. The quantitative estimate of drug-likeness (QED) is 0.301. The van der Waals surface area contributed by atoms with Crippen molar-refractivity contribution in [3.05, 3.63) is 64.7 Å². The van der Waals surface area contributed by atoms with E-state index in [1.54, 1.807) is 31.3 Å². The molecule has 0 unspecified atom stereocenters. The lowest BCUT2D eigenvalue weighted by Gasteiger charge is -2.19. The van der Waals surface area contributed by atoms with Crippen molar-refractivity contribution in [3.8, 4) is 5.75 Å². The maximum atomic E-state index is 9.87. The summed E-state index contributed by atoms with van der Waals surface area (Å²) in [5.74, 6) is 0.632. The van der Waals surface area contributed by atoms with Crippen molar-refractivity contribution in [2.45, 2.75) is 6.42 Å². The number of phenols is 1. The summed E-state index contributed by atoms with van der Waals surface area (Å²) in [6.07, 6.45) is 0.862. The van der Waals surface area contributed by atoms with Gasteiger partial charge in [-0.25, -0.2) is 13.8 Å². The molecule has 202 valence electrons. The first kappa shape index (κ1) is 34.7. The molecule has 1 heterocycles. The van der Waals surface area contributed by atoms with Gasteiger partial charge in [-0.3, -0.25) is 9.50 Å². The first-order valence-electron chi connectivity index (χ1n) is 10.3. The first-order valence-corrected chi connectivity index (χ1v) is 10.7. The van der Waals surface area contributed by atoms with Crippen molar-refractivity contribution in [3.63, 3.8) is 0 Å². The first-order chi connectivity index (χ1) is 16.7. The van der Waals surface area contributed by atoms with Crippen LogP contribution in [0.15, 0.2) is 59.1 Å². The Balaban J connectivity index is 0. The Hall–Kier alpha value is -3.44. The van der Waals surface area contributed by atoms with Crippen LogP contribution in [0.2, 0.25) is 5.02 Å². The summed E-state index contributed by atoms with van der Waals surface area (Å²) < 4.78 is 23.5. The molecule has 0 aliphatic carbocycles. The van der Waals surface area contributed by atoms with Crippen molar-refractivity contribution >= 4 is 35.4 Å². The fraction of sp³-hybridized carbons (Fsp3) is 0.333. The second-order valence-electron chi connectivity index (χ2n) is 7.10. The Morgan fingerprint density at radius 3 is 2.28 bits per heavy atom. The van der Waals surface area contributed by atoms with Crippen molar-refractivity contribution in [1.29, 1.82) is 0 Å². The van der Waals surface area contributed by atoms with E-state index in [1.807, 2.05) is 50.5 Å². The van der Waals surface area contributed by atoms with Crippen LogP contribution in [0.25, 0.3) is 5.70 Å². The molecule has 3 rings (SSSR count). The van der Waals surface area contributed by atoms with Crippen LogP contribution in [0.5, 0.6) is 5.75 Å². The van der Waals surface area contributed by atoms with Gasteiger partial charge in [0.25, 0.3) is 6.47 Å². The lowest BCUT2D eigenvalue weighted by atomic mass is 10.1.